The van der Waals surface area contributed by atoms with Gasteiger partial charge in [-0.05, 0) is 45.8 Å². The molecule has 6 heteroatoms. The predicted molar refractivity (Wildman–Crippen MR) is 82.7 cm³/mol. The third-order valence-electron chi connectivity index (χ3n) is 3.32. The molecule has 1 aliphatic heterocycles. The van der Waals surface area contributed by atoms with Crippen LogP contribution >= 0.6 is 15.9 Å². The van der Waals surface area contributed by atoms with Gasteiger partial charge < -0.3 is 10.1 Å². The average Bonchev–Trinajstić information content (AvgIpc) is 2.51. The Balaban J connectivity index is 1.85. The number of carbonyl (C=O) groups excluding carboxylic acids is 2. The topological polar surface area (TPSA) is 55.4 Å². The number of Topliss-reactive ketones (excluding diaryl/α,β-unsaturated/α-hetero) is 1. The number of fused-ring (bicyclic) bond motifs is 1. The molecule has 0 saturated heterocycles. The van der Waals surface area contributed by atoms with Crippen molar-refractivity contribution in [1.82, 2.24) is 0 Å². The number of halogens is 2. The first-order valence-corrected chi connectivity index (χ1v) is 7.36. The first-order valence-electron chi connectivity index (χ1n) is 6.57. The molecule has 1 aliphatic rings. The van der Waals surface area contributed by atoms with Gasteiger partial charge in [0.05, 0.1) is 10.2 Å². The molecule has 0 aromatic heterocycles. The number of amides is 1. The van der Waals surface area contributed by atoms with Gasteiger partial charge in [-0.15, -0.1) is 0 Å². The molecule has 112 valence electrons. The first-order chi connectivity index (χ1) is 10.5. The van der Waals surface area contributed by atoms with E-state index >= 15 is 0 Å². The Bertz CT molecular complexity index is 776. The Kier molecular flexibility index (Phi) is 3.94. The van der Waals surface area contributed by atoms with E-state index in [1.165, 1.54) is 0 Å². The highest BCUT2D eigenvalue weighted by atomic mass is 79.9. The van der Waals surface area contributed by atoms with Crippen LogP contribution in [0.15, 0.2) is 40.9 Å². The Morgan fingerprint density at radius 2 is 2.14 bits per heavy atom. The third kappa shape index (κ3) is 2.87. The van der Waals surface area contributed by atoms with Crippen LogP contribution in [-0.2, 0) is 11.2 Å². The summed E-state index contributed by atoms with van der Waals surface area (Å²) in [6.07, 6.45) is -0.0567. The zero-order valence-corrected chi connectivity index (χ0v) is 12.9. The highest BCUT2D eigenvalue weighted by Crippen LogP contribution is 2.29. The van der Waals surface area contributed by atoms with Gasteiger partial charge in [-0.25, -0.2) is 4.39 Å². The quantitative estimate of drug-likeness (QED) is 0.850. The molecule has 0 atom stereocenters. The average molecular weight is 364 g/mol. The number of hydrogen-bond donors (Lipinski definition) is 1. The lowest BCUT2D eigenvalue weighted by atomic mass is 10.0. The lowest BCUT2D eigenvalue weighted by Crippen LogP contribution is -2.25. The van der Waals surface area contributed by atoms with Gasteiger partial charge in [0.15, 0.2) is 12.4 Å². The molecule has 3 rings (SSSR count). The summed E-state index contributed by atoms with van der Waals surface area (Å²) >= 11 is 3.10. The van der Waals surface area contributed by atoms with E-state index in [9.17, 15) is 14.0 Å². The second-order valence-electron chi connectivity index (χ2n) is 4.86. The number of ether oxygens (including phenoxy) is 1. The third-order valence-corrected chi connectivity index (χ3v) is 3.93. The zero-order chi connectivity index (χ0) is 15.7. The van der Waals surface area contributed by atoms with Gasteiger partial charge in [-0.1, -0.05) is 12.1 Å². The highest BCUT2D eigenvalue weighted by Gasteiger charge is 2.18. The summed E-state index contributed by atoms with van der Waals surface area (Å²) in [5, 5.41) is 2.64. The molecule has 2 aromatic rings. The second-order valence-corrected chi connectivity index (χ2v) is 5.72. The Labute approximate surface area is 134 Å². The van der Waals surface area contributed by atoms with Crippen LogP contribution in [0.2, 0.25) is 0 Å². The molecule has 22 heavy (non-hydrogen) atoms. The Morgan fingerprint density at radius 1 is 1.32 bits per heavy atom. The van der Waals surface area contributed by atoms with Crippen molar-refractivity contribution in [2.75, 3.05) is 11.9 Å². The van der Waals surface area contributed by atoms with Crippen LogP contribution in [0, 0.1) is 5.82 Å². The van der Waals surface area contributed by atoms with E-state index in [1.807, 2.05) is 0 Å². The zero-order valence-electron chi connectivity index (χ0n) is 11.4. The lowest BCUT2D eigenvalue weighted by molar-refractivity contribution is -0.118. The molecule has 4 nitrogen and oxygen atoms in total. The van der Waals surface area contributed by atoms with E-state index < -0.39 is 5.82 Å². The molecule has 0 unspecified atom stereocenters. The van der Waals surface area contributed by atoms with Crippen molar-refractivity contribution in [3.8, 4) is 5.75 Å². The van der Waals surface area contributed by atoms with Crippen molar-refractivity contribution >= 4 is 33.3 Å². The SMILES string of the molecule is O=C1COc2ccc(C(=O)Cc3cccc(Br)c3F)cc2N1. The molecule has 1 amide bonds. The summed E-state index contributed by atoms with van der Waals surface area (Å²) in [6.45, 7) is -0.0381. The maximum Gasteiger partial charge on any atom is 0.262 e. The largest absolute Gasteiger partial charge is 0.482 e. The maximum absolute atomic E-state index is 13.9. The van der Waals surface area contributed by atoms with Gasteiger partial charge in [0.2, 0.25) is 0 Å². The number of hydrogen-bond acceptors (Lipinski definition) is 3. The van der Waals surface area contributed by atoms with Gasteiger partial charge in [0.1, 0.15) is 11.6 Å². The number of carbonyl (C=O) groups is 2. The minimum absolute atomic E-state index is 0.0381. The fraction of sp³-hybridized carbons (Fsp3) is 0.125. The highest BCUT2D eigenvalue weighted by molar-refractivity contribution is 9.10. The van der Waals surface area contributed by atoms with Crippen molar-refractivity contribution in [3.05, 3.63) is 57.8 Å². The van der Waals surface area contributed by atoms with Crippen LogP contribution in [0.3, 0.4) is 0 Å². The van der Waals surface area contributed by atoms with Gasteiger partial charge in [0, 0.05) is 12.0 Å². The summed E-state index contributed by atoms with van der Waals surface area (Å²) in [6, 6.07) is 9.60. The fourth-order valence-corrected chi connectivity index (χ4v) is 2.62. The number of nitrogens with one attached hydrogen (secondary N) is 1. The fourth-order valence-electron chi connectivity index (χ4n) is 2.22. The molecule has 0 fully saturated rings. The molecule has 1 N–H and O–H groups in total. The van der Waals surface area contributed by atoms with E-state index in [0.29, 0.717) is 27.0 Å². The van der Waals surface area contributed by atoms with Crippen molar-refractivity contribution in [3.63, 3.8) is 0 Å². The molecule has 0 aliphatic carbocycles. The Morgan fingerprint density at radius 3 is 2.95 bits per heavy atom. The molecule has 0 saturated carbocycles. The van der Waals surface area contributed by atoms with Crippen LogP contribution in [0.5, 0.6) is 5.75 Å². The number of anilines is 1. The van der Waals surface area contributed by atoms with Crippen molar-refractivity contribution < 1.29 is 18.7 Å². The molecular weight excluding hydrogens is 353 g/mol. The van der Waals surface area contributed by atoms with Crippen LogP contribution in [0.4, 0.5) is 10.1 Å². The van der Waals surface area contributed by atoms with E-state index in [2.05, 4.69) is 21.2 Å². The summed E-state index contributed by atoms with van der Waals surface area (Å²) in [4.78, 5) is 23.6. The van der Waals surface area contributed by atoms with Crippen molar-refractivity contribution in [1.29, 1.82) is 0 Å². The van der Waals surface area contributed by atoms with E-state index in [0.717, 1.165) is 0 Å². The van der Waals surface area contributed by atoms with E-state index in [-0.39, 0.29) is 24.7 Å². The van der Waals surface area contributed by atoms with E-state index in [4.69, 9.17) is 4.74 Å². The number of benzene rings is 2. The molecule has 0 radical (unpaired) electrons. The summed E-state index contributed by atoms with van der Waals surface area (Å²) in [7, 11) is 0. The van der Waals surface area contributed by atoms with E-state index in [1.54, 1.807) is 36.4 Å². The molecule has 1 heterocycles. The monoisotopic (exact) mass is 363 g/mol. The number of rotatable bonds is 3. The van der Waals surface area contributed by atoms with Crippen LogP contribution in [0.1, 0.15) is 15.9 Å². The first kappa shape index (κ1) is 14.7. The van der Waals surface area contributed by atoms with Gasteiger partial charge in [0.25, 0.3) is 5.91 Å². The van der Waals surface area contributed by atoms with Crippen LogP contribution in [-0.4, -0.2) is 18.3 Å². The van der Waals surface area contributed by atoms with Crippen LogP contribution in [0.25, 0.3) is 0 Å². The van der Waals surface area contributed by atoms with Crippen LogP contribution < -0.4 is 10.1 Å². The predicted octanol–water partition coefficient (Wildman–Crippen LogP) is 3.34. The maximum atomic E-state index is 13.9. The minimum atomic E-state index is -0.439. The molecule has 0 bridgehead atoms. The van der Waals surface area contributed by atoms with Gasteiger partial charge >= 0.3 is 0 Å². The normalized spacial score (nSPS) is 13.1. The minimum Gasteiger partial charge on any atom is -0.482 e. The summed E-state index contributed by atoms with van der Waals surface area (Å²) in [5.74, 6) is -0.426. The van der Waals surface area contributed by atoms with Gasteiger partial charge in [-0.3, -0.25) is 9.59 Å². The smallest absolute Gasteiger partial charge is 0.262 e. The van der Waals surface area contributed by atoms with Crippen molar-refractivity contribution in [2.45, 2.75) is 6.42 Å². The lowest BCUT2D eigenvalue weighted by Gasteiger charge is -2.18. The molecule has 2 aromatic carbocycles. The summed E-state index contributed by atoms with van der Waals surface area (Å²) < 4.78 is 19.5. The standard InChI is InChI=1S/C16H11BrFNO3/c17-11-3-1-2-10(16(11)18)7-13(20)9-4-5-14-12(6-9)19-15(21)8-22-14/h1-6H,7-8H2,(H,19,21). The van der Waals surface area contributed by atoms with Crippen molar-refractivity contribution in [2.24, 2.45) is 0 Å². The second kappa shape index (κ2) is 5.88. The Hall–Kier alpha value is -2.21. The van der Waals surface area contributed by atoms with Gasteiger partial charge in [-0.2, -0.15) is 0 Å². The molecular formula is C16H11BrFNO3. The number of ketones is 1. The summed E-state index contributed by atoms with van der Waals surface area (Å²) in [5.41, 5.74) is 1.16. The molecule has 0 spiro atoms.